The SMILES string of the molecule is COc1ccc(CNC(=O)C[C@@H]2NC(=O)N(CCc3ccccc3)C2=O)cc1. The van der Waals surface area contributed by atoms with Gasteiger partial charge in [-0.2, -0.15) is 0 Å². The van der Waals surface area contributed by atoms with Gasteiger partial charge in [0.2, 0.25) is 5.91 Å². The van der Waals surface area contributed by atoms with Gasteiger partial charge in [0.15, 0.2) is 0 Å². The minimum Gasteiger partial charge on any atom is -0.497 e. The van der Waals surface area contributed by atoms with E-state index in [-0.39, 0.29) is 18.2 Å². The Balaban J connectivity index is 1.47. The van der Waals surface area contributed by atoms with Crippen LogP contribution in [0.4, 0.5) is 4.79 Å². The zero-order valence-corrected chi connectivity index (χ0v) is 15.7. The fourth-order valence-electron chi connectivity index (χ4n) is 3.01. The molecule has 1 aliphatic heterocycles. The van der Waals surface area contributed by atoms with Gasteiger partial charge >= 0.3 is 6.03 Å². The molecule has 0 unspecified atom stereocenters. The van der Waals surface area contributed by atoms with Crippen LogP contribution in [0.15, 0.2) is 54.6 Å². The molecule has 7 heteroatoms. The Labute approximate surface area is 163 Å². The van der Waals surface area contributed by atoms with Crippen LogP contribution in [0.5, 0.6) is 5.75 Å². The first-order chi connectivity index (χ1) is 13.6. The molecule has 0 aromatic heterocycles. The average Bonchev–Trinajstić information content (AvgIpc) is 2.98. The number of benzene rings is 2. The molecular weight excluding hydrogens is 358 g/mol. The normalized spacial score (nSPS) is 16.0. The van der Waals surface area contributed by atoms with Crippen LogP contribution in [0, 0.1) is 0 Å². The van der Waals surface area contributed by atoms with E-state index in [0.29, 0.717) is 19.5 Å². The lowest BCUT2D eigenvalue weighted by atomic mass is 10.1. The molecule has 28 heavy (non-hydrogen) atoms. The minimum atomic E-state index is -0.820. The number of urea groups is 1. The number of ether oxygens (including phenoxy) is 1. The largest absolute Gasteiger partial charge is 0.497 e. The van der Waals surface area contributed by atoms with E-state index in [4.69, 9.17) is 4.74 Å². The predicted molar refractivity (Wildman–Crippen MR) is 104 cm³/mol. The molecule has 1 aliphatic rings. The van der Waals surface area contributed by atoms with Gasteiger partial charge in [0.25, 0.3) is 5.91 Å². The number of amides is 4. The minimum absolute atomic E-state index is 0.0808. The van der Waals surface area contributed by atoms with Gasteiger partial charge in [-0.15, -0.1) is 0 Å². The van der Waals surface area contributed by atoms with E-state index in [1.54, 1.807) is 7.11 Å². The van der Waals surface area contributed by atoms with Crippen molar-refractivity contribution in [3.63, 3.8) is 0 Å². The Bertz CT molecular complexity index is 836. The number of rotatable bonds is 8. The van der Waals surface area contributed by atoms with Crippen LogP contribution in [0.3, 0.4) is 0 Å². The summed E-state index contributed by atoms with van der Waals surface area (Å²) in [4.78, 5) is 37.9. The first-order valence-electron chi connectivity index (χ1n) is 9.12. The summed E-state index contributed by atoms with van der Waals surface area (Å²) >= 11 is 0. The number of hydrogen-bond donors (Lipinski definition) is 2. The first-order valence-corrected chi connectivity index (χ1v) is 9.12. The summed E-state index contributed by atoms with van der Waals surface area (Å²) in [7, 11) is 1.59. The van der Waals surface area contributed by atoms with Crippen molar-refractivity contribution in [2.75, 3.05) is 13.7 Å². The Morgan fingerprint density at radius 3 is 2.46 bits per heavy atom. The molecule has 0 spiro atoms. The summed E-state index contributed by atoms with van der Waals surface area (Å²) in [6.45, 7) is 0.633. The second-order valence-corrected chi connectivity index (χ2v) is 6.56. The van der Waals surface area contributed by atoms with Crippen molar-refractivity contribution in [1.29, 1.82) is 0 Å². The highest BCUT2D eigenvalue weighted by atomic mass is 16.5. The number of carbonyl (C=O) groups is 3. The third-order valence-electron chi connectivity index (χ3n) is 4.61. The predicted octanol–water partition coefficient (Wildman–Crippen LogP) is 1.86. The van der Waals surface area contributed by atoms with Crippen LogP contribution in [-0.2, 0) is 22.6 Å². The Kier molecular flexibility index (Phi) is 6.26. The van der Waals surface area contributed by atoms with Crippen LogP contribution in [0.1, 0.15) is 17.5 Å². The summed E-state index contributed by atoms with van der Waals surface area (Å²) in [5.74, 6) is 0.0878. The maximum absolute atomic E-state index is 12.5. The van der Waals surface area contributed by atoms with Crippen LogP contribution in [-0.4, -0.2) is 42.4 Å². The molecule has 3 rings (SSSR count). The van der Waals surface area contributed by atoms with Crippen LogP contribution < -0.4 is 15.4 Å². The van der Waals surface area contributed by atoms with Crippen LogP contribution >= 0.6 is 0 Å². The molecule has 0 saturated carbocycles. The molecule has 1 fully saturated rings. The molecule has 146 valence electrons. The molecule has 2 aromatic carbocycles. The lowest BCUT2D eigenvalue weighted by Gasteiger charge is -2.13. The first kappa shape index (κ1) is 19.4. The molecule has 1 heterocycles. The average molecular weight is 381 g/mol. The highest BCUT2D eigenvalue weighted by molar-refractivity contribution is 6.05. The van der Waals surface area contributed by atoms with E-state index in [1.807, 2.05) is 54.6 Å². The summed E-state index contributed by atoms with van der Waals surface area (Å²) < 4.78 is 5.09. The van der Waals surface area contributed by atoms with E-state index < -0.39 is 12.1 Å². The maximum atomic E-state index is 12.5. The number of imide groups is 1. The zero-order valence-electron chi connectivity index (χ0n) is 15.7. The molecule has 2 N–H and O–H groups in total. The highest BCUT2D eigenvalue weighted by Gasteiger charge is 2.38. The van der Waals surface area contributed by atoms with Gasteiger partial charge in [0, 0.05) is 13.1 Å². The molecule has 0 bridgehead atoms. The van der Waals surface area contributed by atoms with Crippen LogP contribution in [0.2, 0.25) is 0 Å². The molecule has 0 aliphatic carbocycles. The number of methoxy groups -OCH3 is 1. The van der Waals surface area contributed by atoms with Gasteiger partial charge in [0.1, 0.15) is 11.8 Å². The second kappa shape index (κ2) is 9.03. The number of nitrogens with one attached hydrogen (secondary N) is 2. The molecule has 7 nitrogen and oxygen atoms in total. The van der Waals surface area contributed by atoms with Gasteiger partial charge in [-0.3, -0.25) is 14.5 Å². The standard InChI is InChI=1S/C21H23N3O4/c1-28-17-9-7-16(8-10-17)14-22-19(25)13-18-20(26)24(21(27)23-18)12-11-15-5-3-2-4-6-15/h2-10,18H,11-14H2,1H3,(H,22,25)(H,23,27)/t18-/m0/s1. The summed E-state index contributed by atoms with van der Waals surface area (Å²) in [5.41, 5.74) is 1.96. The monoisotopic (exact) mass is 381 g/mol. The molecule has 1 atom stereocenters. The fourth-order valence-corrected chi connectivity index (χ4v) is 3.01. The van der Waals surface area contributed by atoms with Gasteiger partial charge in [-0.25, -0.2) is 4.79 Å². The smallest absolute Gasteiger partial charge is 0.324 e. The van der Waals surface area contributed by atoms with Crippen molar-refractivity contribution in [2.24, 2.45) is 0 Å². The molecule has 1 saturated heterocycles. The number of hydrogen-bond acceptors (Lipinski definition) is 4. The topological polar surface area (TPSA) is 87.7 Å². The molecular formula is C21H23N3O4. The van der Waals surface area contributed by atoms with Gasteiger partial charge in [-0.05, 0) is 29.7 Å². The van der Waals surface area contributed by atoms with Gasteiger partial charge in [0.05, 0.1) is 13.5 Å². The Hall–Kier alpha value is -3.35. The zero-order chi connectivity index (χ0) is 19.9. The second-order valence-electron chi connectivity index (χ2n) is 6.56. The van der Waals surface area contributed by atoms with E-state index in [9.17, 15) is 14.4 Å². The van der Waals surface area contributed by atoms with Crippen molar-refractivity contribution in [3.05, 3.63) is 65.7 Å². The Morgan fingerprint density at radius 1 is 1.07 bits per heavy atom. The number of nitrogens with zero attached hydrogens (tertiary/aromatic N) is 1. The van der Waals surface area contributed by atoms with E-state index >= 15 is 0 Å². The van der Waals surface area contributed by atoms with E-state index in [1.165, 1.54) is 4.90 Å². The third kappa shape index (κ3) is 4.88. The van der Waals surface area contributed by atoms with Crippen molar-refractivity contribution < 1.29 is 19.1 Å². The van der Waals surface area contributed by atoms with Crippen molar-refractivity contribution in [1.82, 2.24) is 15.5 Å². The van der Waals surface area contributed by atoms with Crippen molar-refractivity contribution in [3.8, 4) is 5.75 Å². The molecule has 0 radical (unpaired) electrons. The Morgan fingerprint density at radius 2 is 1.79 bits per heavy atom. The molecule has 4 amide bonds. The van der Waals surface area contributed by atoms with Gasteiger partial charge < -0.3 is 15.4 Å². The van der Waals surface area contributed by atoms with Crippen molar-refractivity contribution in [2.45, 2.75) is 25.4 Å². The fraction of sp³-hybridized carbons (Fsp3) is 0.286. The maximum Gasteiger partial charge on any atom is 0.324 e. The quantitative estimate of drug-likeness (QED) is 0.684. The highest BCUT2D eigenvalue weighted by Crippen LogP contribution is 2.13. The summed E-state index contributed by atoms with van der Waals surface area (Å²) in [5, 5.41) is 5.36. The summed E-state index contributed by atoms with van der Waals surface area (Å²) in [6, 6.07) is 15.7. The lowest BCUT2D eigenvalue weighted by molar-refractivity contribution is -0.130. The van der Waals surface area contributed by atoms with E-state index in [0.717, 1.165) is 16.9 Å². The number of carbonyl (C=O) groups excluding carboxylic acids is 3. The van der Waals surface area contributed by atoms with E-state index in [2.05, 4.69) is 10.6 Å². The lowest BCUT2D eigenvalue weighted by Crippen LogP contribution is -2.36. The molecule has 2 aromatic rings. The van der Waals surface area contributed by atoms with Gasteiger partial charge in [-0.1, -0.05) is 42.5 Å². The summed E-state index contributed by atoms with van der Waals surface area (Å²) in [6.07, 6.45) is 0.499. The third-order valence-corrected chi connectivity index (χ3v) is 4.61. The van der Waals surface area contributed by atoms with Crippen LogP contribution in [0.25, 0.3) is 0 Å². The van der Waals surface area contributed by atoms with Crippen molar-refractivity contribution >= 4 is 17.8 Å².